The summed E-state index contributed by atoms with van der Waals surface area (Å²) < 4.78 is 5.16. The van der Waals surface area contributed by atoms with Crippen LogP contribution in [0.25, 0.3) is 0 Å². The van der Waals surface area contributed by atoms with Gasteiger partial charge in [-0.2, -0.15) is 0 Å². The van der Waals surface area contributed by atoms with Crippen LogP contribution in [0.1, 0.15) is 51.9 Å². The molecular formula is C14H25NO3. The fourth-order valence-electron chi connectivity index (χ4n) is 2.02. The maximum atomic E-state index is 11.7. The van der Waals surface area contributed by atoms with Crippen molar-refractivity contribution in [2.24, 2.45) is 0 Å². The van der Waals surface area contributed by atoms with Gasteiger partial charge in [0.1, 0.15) is 0 Å². The second-order valence-electron chi connectivity index (χ2n) is 5.19. The number of ether oxygens (including phenoxy) is 1. The molecule has 1 aliphatic heterocycles. The zero-order chi connectivity index (χ0) is 13.5. The highest BCUT2D eigenvalue weighted by Gasteiger charge is 2.49. The van der Waals surface area contributed by atoms with E-state index in [-0.39, 0.29) is 11.7 Å². The average Bonchev–Trinajstić information content (AvgIpc) is 3.12. The van der Waals surface area contributed by atoms with Gasteiger partial charge >= 0.3 is 0 Å². The van der Waals surface area contributed by atoms with E-state index < -0.39 is 12.2 Å². The van der Waals surface area contributed by atoms with Crippen LogP contribution in [0, 0.1) is 0 Å². The molecule has 1 fully saturated rings. The molecule has 0 unspecified atom stereocenters. The molecule has 18 heavy (non-hydrogen) atoms. The SMILES string of the molecule is CCCCCCCCC(=O)[C@H]1O[C@H]1C(=O)N(C)C. The Morgan fingerprint density at radius 1 is 1.00 bits per heavy atom. The number of amides is 1. The maximum Gasteiger partial charge on any atom is 0.254 e. The van der Waals surface area contributed by atoms with Crippen molar-refractivity contribution >= 4 is 11.7 Å². The van der Waals surface area contributed by atoms with Gasteiger partial charge in [0, 0.05) is 20.5 Å². The lowest BCUT2D eigenvalue weighted by Crippen LogP contribution is -2.29. The van der Waals surface area contributed by atoms with Crippen LogP contribution >= 0.6 is 0 Å². The zero-order valence-corrected chi connectivity index (χ0v) is 11.8. The number of carbonyl (C=O) groups excluding carboxylic acids is 2. The van der Waals surface area contributed by atoms with Crippen LogP contribution in [0.2, 0.25) is 0 Å². The molecule has 104 valence electrons. The van der Waals surface area contributed by atoms with E-state index in [9.17, 15) is 9.59 Å². The Morgan fingerprint density at radius 2 is 1.61 bits per heavy atom. The third kappa shape index (κ3) is 4.77. The number of likely N-dealkylation sites (N-methyl/N-ethyl adjacent to an activating group) is 1. The van der Waals surface area contributed by atoms with Gasteiger partial charge < -0.3 is 9.64 Å². The third-order valence-corrected chi connectivity index (χ3v) is 3.27. The summed E-state index contributed by atoms with van der Waals surface area (Å²) >= 11 is 0. The topological polar surface area (TPSA) is 49.9 Å². The molecule has 1 rings (SSSR count). The Hall–Kier alpha value is -0.900. The molecule has 0 aromatic carbocycles. The summed E-state index contributed by atoms with van der Waals surface area (Å²) in [4.78, 5) is 24.7. The van der Waals surface area contributed by atoms with Crippen LogP contribution in [0.5, 0.6) is 0 Å². The fourth-order valence-corrected chi connectivity index (χ4v) is 2.02. The molecule has 1 heterocycles. The van der Waals surface area contributed by atoms with E-state index in [1.807, 2.05) is 0 Å². The standard InChI is InChI=1S/C14H25NO3/c1-4-5-6-7-8-9-10-11(16)12-13(18-12)14(17)15(2)3/h12-13H,4-10H2,1-3H3/t12-,13-/m1/s1. The molecule has 0 aromatic heterocycles. The van der Waals surface area contributed by atoms with Gasteiger partial charge in [-0.05, 0) is 6.42 Å². The fraction of sp³-hybridized carbons (Fsp3) is 0.857. The number of Topliss-reactive ketones (excluding diaryl/α,β-unsaturated/α-hetero) is 1. The number of epoxide rings is 1. The van der Waals surface area contributed by atoms with Gasteiger partial charge in [-0.1, -0.05) is 39.0 Å². The van der Waals surface area contributed by atoms with E-state index >= 15 is 0 Å². The number of hydrogen-bond donors (Lipinski definition) is 0. The Morgan fingerprint density at radius 3 is 2.22 bits per heavy atom. The predicted molar refractivity (Wildman–Crippen MR) is 70.4 cm³/mol. The molecule has 4 heteroatoms. The number of rotatable bonds is 9. The highest BCUT2D eigenvalue weighted by Crippen LogP contribution is 2.26. The molecule has 0 radical (unpaired) electrons. The summed E-state index contributed by atoms with van der Waals surface area (Å²) in [6.45, 7) is 2.19. The smallest absolute Gasteiger partial charge is 0.254 e. The number of ketones is 1. The molecule has 0 bridgehead atoms. The second-order valence-corrected chi connectivity index (χ2v) is 5.19. The second kappa shape index (κ2) is 7.52. The van der Waals surface area contributed by atoms with E-state index in [0.29, 0.717) is 6.42 Å². The van der Waals surface area contributed by atoms with E-state index in [0.717, 1.165) is 12.8 Å². The Balaban J connectivity index is 2.07. The van der Waals surface area contributed by atoms with Gasteiger partial charge in [-0.3, -0.25) is 9.59 Å². The van der Waals surface area contributed by atoms with Crippen molar-refractivity contribution in [3.8, 4) is 0 Å². The third-order valence-electron chi connectivity index (χ3n) is 3.27. The molecule has 0 spiro atoms. The molecule has 4 nitrogen and oxygen atoms in total. The van der Waals surface area contributed by atoms with Gasteiger partial charge in [-0.15, -0.1) is 0 Å². The number of unbranched alkanes of at least 4 members (excludes halogenated alkanes) is 5. The largest absolute Gasteiger partial charge is 0.351 e. The van der Waals surface area contributed by atoms with Crippen LogP contribution < -0.4 is 0 Å². The molecule has 1 aliphatic rings. The molecular weight excluding hydrogens is 230 g/mol. The average molecular weight is 255 g/mol. The first-order valence-corrected chi connectivity index (χ1v) is 6.97. The normalized spacial score (nSPS) is 21.7. The van der Waals surface area contributed by atoms with Crippen LogP contribution in [0.15, 0.2) is 0 Å². The first-order chi connectivity index (χ1) is 8.57. The van der Waals surface area contributed by atoms with Crippen molar-refractivity contribution in [2.45, 2.75) is 64.1 Å². The van der Waals surface area contributed by atoms with Gasteiger partial charge in [-0.25, -0.2) is 0 Å². The predicted octanol–water partition coefficient (Wildman–Crippen LogP) is 2.16. The summed E-state index contributed by atoms with van der Waals surface area (Å²) in [7, 11) is 3.36. The van der Waals surface area contributed by atoms with E-state index in [2.05, 4.69) is 6.92 Å². The lowest BCUT2D eigenvalue weighted by atomic mass is 10.1. The van der Waals surface area contributed by atoms with Crippen molar-refractivity contribution < 1.29 is 14.3 Å². The summed E-state index contributed by atoms with van der Waals surface area (Å²) in [6.07, 6.45) is 6.58. The minimum absolute atomic E-state index is 0.0886. The molecule has 1 saturated heterocycles. The minimum Gasteiger partial charge on any atom is -0.351 e. The Labute approximate surface area is 110 Å². The van der Waals surface area contributed by atoms with Crippen molar-refractivity contribution in [3.63, 3.8) is 0 Å². The van der Waals surface area contributed by atoms with Gasteiger partial charge in [0.2, 0.25) is 0 Å². The first kappa shape index (κ1) is 15.2. The van der Waals surface area contributed by atoms with Crippen molar-refractivity contribution in [1.29, 1.82) is 0 Å². The molecule has 0 N–H and O–H groups in total. The molecule has 0 aromatic rings. The molecule has 2 atom stereocenters. The summed E-state index contributed by atoms with van der Waals surface area (Å²) in [5, 5.41) is 0. The highest BCUT2D eigenvalue weighted by atomic mass is 16.6. The van der Waals surface area contributed by atoms with Crippen molar-refractivity contribution in [3.05, 3.63) is 0 Å². The lowest BCUT2D eigenvalue weighted by Gasteiger charge is -2.06. The van der Waals surface area contributed by atoms with Crippen LogP contribution in [0.4, 0.5) is 0 Å². The maximum absolute atomic E-state index is 11.7. The van der Waals surface area contributed by atoms with Gasteiger partial charge in [0.25, 0.3) is 5.91 Å². The quantitative estimate of drug-likeness (QED) is 0.468. The molecule has 0 saturated carbocycles. The highest BCUT2D eigenvalue weighted by molar-refractivity contribution is 5.95. The Kier molecular flexibility index (Phi) is 6.33. The van der Waals surface area contributed by atoms with Crippen LogP contribution in [0.3, 0.4) is 0 Å². The zero-order valence-electron chi connectivity index (χ0n) is 11.8. The van der Waals surface area contributed by atoms with Crippen molar-refractivity contribution in [1.82, 2.24) is 4.90 Å². The van der Waals surface area contributed by atoms with E-state index in [4.69, 9.17) is 4.74 Å². The summed E-state index contributed by atoms with van der Waals surface area (Å²) in [5.41, 5.74) is 0. The number of hydrogen-bond acceptors (Lipinski definition) is 3. The number of nitrogens with zero attached hydrogens (tertiary/aromatic N) is 1. The molecule has 0 aliphatic carbocycles. The Bertz CT molecular complexity index is 289. The monoisotopic (exact) mass is 255 g/mol. The molecule has 1 amide bonds. The van der Waals surface area contributed by atoms with Crippen molar-refractivity contribution in [2.75, 3.05) is 14.1 Å². The van der Waals surface area contributed by atoms with E-state index in [1.165, 1.54) is 30.6 Å². The summed E-state index contributed by atoms with van der Waals surface area (Å²) in [5.74, 6) is -0.0120. The van der Waals surface area contributed by atoms with Gasteiger partial charge in [0.15, 0.2) is 18.0 Å². The van der Waals surface area contributed by atoms with E-state index in [1.54, 1.807) is 14.1 Å². The summed E-state index contributed by atoms with van der Waals surface area (Å²) in [6, 6.07) is 0. The number of carbonyl (C=O) groups is 2. The first-order valence-electron chi connectivity index (χ1n) is 6.97. The minimum atomic E-state index is -0.507. The van der Waals surface area contributed by atoms with Crippen LogP contribution in [-0.2, 0) is 14.3 Å². The van der Waals surface area contributed by atoms with Gasteiger partial charge in [0.05, 0.1) is 0 Å². The lowest BCUT2D eigenvalue weighted by molar-refractivity contribution is -0.130. The van der Waals surface area contributed by atoms with Crippen LogP contribution in [-0.4, -0.2) is 42.9 Å².